The van der Waals surface area contributed by atoms with Crippen molar-refractivity contribution in [1.82, 2.24) is 5.32 Å². The molecule has 0 heterocycles. The summed E-state index contributed by atoms with van der Waals surface area (Å²) >= 11 is 0.948. The fourth-order valence-corrected chi connectivity index (χ4v) is 3.85. The average molecular weight is 485 g/mol. The van der Waals surface area contributed by atoms with Gasteiger partial charge in [0.15, 0.2) is 5.12 Å². The van der Waals surface area contributed by atoms with Gasteiger partial charge in [0, 0.05) is 5.75 Å². The molecule has 0 aliphatic heterocycles. The van der Waals surface area contributed by atoms with Gasteiger partial charge in [-0.15, -0.1) is 0 Å². The molecule has 1 aromatic rings. The summed E-state index contributed by atoms with van der Waals surface area (Å²) in [6.45, 7) is 10.5. The lowest BCUT2D eigenvalue weighted by Gasteiger charge is -2.26. The maximum atomic E-state index is 12.8. The van der Waals surface area contributed by atoms with E-state index >= 15 is 0 Å². The fourth-order valence-electron chi connectivity index (χ4n) is 2.91. The molecule has 10 heteroatoms. The van der Waals surface area contributed by atoms with Crippen LogP contribution < -0.4 is 10.7 Å². The Morgan fingerprint density at radius 1 is 1.18 bits per heavy atom. The van der Waals surface area contributed by atoms with Crippen molar-refractivity contribution < 1.29 is 34.6 Å². The first-order valence-electron chi connectivity index (χ1n) is 11.0. The summed E-state index contributed by atoms with van der Waals surface area (Å²) in [6, 6.07) is 6.86. The molecule has 0 aliphatic carbocycles. The number of hydrogen-bond donors (Lipinski definition) is 3. The van der Waals surface area contributed by atoms with E-state index < -0.39 is 28.7 Å². The minimum atomic E-state index is -1.50. The number of ether oxygens (including phenoxy) is 1. The fraction of sp³-hybridized carbons (Fsp3) is 0.609. The second-order valence-electron chi connectivity index (χ2n) is 8.91. The number of carbonyl (C=O) groups excluding carboxylic acids is 3. The normalized spacial score (nSPS) is 14.5. The van der Waals surface area contributed by atoms with E-state index in [1.807, 2.05) is 24.3 Å². The van der Waals surface area contributed by atoms with Crippen molar-refractivity contribution in [3.8, 4) is 0 Å². The Labute approximate surface area is 199 Å². The molecule has 33 heavy (non-hydrogen) atoms. The van der Waals surface area contributed by atoms with Gasteiger partial charge in [-0.2, -0.15) is 10.0 Å². The molecule has 1 amide bonds. The Kier molecular flexibility index (Phi) is 12.0. The lowest BCUT2D eigenvalue weighted by Crippen LogP contribution is -3.03. The highest BCUT2D eigenvalue weighted by molar-refractivity contribution is 8.13. The van der Waals surface area contributed by atoms with Crippen LogP contribution >= 0.6 is 11.8 Å². The van der Waals surface area contributed by atoms with Gasteiger partial charge in [-0.1, -0.05) is 62.2 Å². The summed E-state index contributed by atoms with van der Waals surface area (Å²) in [7, 11) is 0. The van der Waals surface area contributed by atoms with Gasteiger partial charge < -0.3 is 15.3 Å². The maximum Gasteiger partial charge on any atom is 0.329 e. The number of nitrogens with one attached hydrogen (secondary N) is 2. The smallest absolute Gasteiger partial charge is 0.329 e. The molecule has 1 rings (SSSR count). The quantitative estimate of drug-likeness (QED) is 0.286. The Morgan fingerprint density at radius 3 is 2.30 bits per heavy atom. The predicted molar refractivity (Wildman–Crippen MR) is 125 cm³/mol. The van der Waals surface area contributed by atoms with Gasteiger partial charge in [-0.25, -0.2) is 4.79 Å². The van der Waals surface area contributed by atoms with Crippen LogP contribution in [0.5, 0.6) is 0 Å². The van der Waals surface area contributed by atoms with E-state index in [1.54, 1.807) is 13.8 Å². The van der Waals surface area contributed by atoms with Crippen molar-refractivity contribution in [1.29, 1.82) is 0 Å². The third-order valence-electron chi connectivity index (χ3n) is 4.92. The number of thioether (sulfide) groups is 1. The number of esters is 1. The Hall–Kier alpha value is -1.98. The lowest BCUT2D eigenvalue weighted by molar-refractivity contribution is -1.21. The molecular weight excluding hydrogens is 448 g/mol. The summed E-state index contributed by atoms with van der Waals surface area (Å²) in [5.74, 6) is -1.09. The number of rotatable bonds is 13. The summed E-state index contributed by atoms with van der Waals surface area (Å²) in [6.07, 6.45) is 0.964. The van der Waals surface area contributed by atoms with Crippen LogP contribution in [0.4, 0.5) is 0 Å². The molecule has 0 aliphatic rings. The summed E-state index contributed by atoms with van der Waals surface area (Å²) in [5.41, 5.74) is 0.882. The van der Waals surface area contributed by atoms with E-state index in [1.165, 1.54) is 19.4 Å². The zero-order valence-electron chi connectivity index (χ0n) is 20.2. The summed E-state index contributed by atoms with van der Waals surface area (Å²) in [4.78, 5) is 42.3. The van der Waals surface area contributed by atoms with Crippen molar-refractivity contribution in [3.63, 3.8) is 0 Å². The Balaban J connectivity index is 2.79. The minimum Gasteiger partial charge on any atom is -0.566 e. The van der Waals surface area contributed by atoms with Crippen LogP contribution in [0.1, 0.15) is 58.6 Å². The molecule has 3 N–H and O–H groups in total. The van der Waals surface area contributed by atoms with E-state index in [0.29, 0.717) is 5.92 Å². The van der Waals surface area contributed by atoms with Gasteiger partial charge in [-0.3, -0.25) is 9.59 Å². The van der Waals surface area contributed by atoms with Crippen molar-refractivity contribution in [3.05, 3.63) is 40.6 Å². The molecule has 9 nitrogen and oxygen atoms in total. The molecule has 186 valence electrons. The number of carbonyl (C=O) groups is 3. The van der Waals surface area contributed by atoms with Crippen LogP contribution in [0.15, 0.2) is 24.3 Å². The molecule has 0 radical (unpaired) electrons. The van der Waals surface area contributed by atoms with Crippen molar-refractivity contribution >= 4 is 28.8 Å². The van der Waals surface area contributed by atoms with Gasteiger partial charge in [0.25, 0.3) is 0 Å². The predicted octanol–water partition coefficient (Wildman–Crippen LogP) is 2.03. The molecule has 1 aromatic carbocycles. The Bertz CT molecular complexity index is 782. The highest BCUT2D eigenvalue weighted by Gasteiger charge is 2.34. The van der Waals surface area contributed by atoms with E-state index in [2.05, 4.69) is 24.0 Å². The second kappa shape index (κ2) is 13.7. The molecule has 0 fully saturated rings. The first-order chi connectivity index (χ1) is 15.4. The highest BCUT2D eigenvalue weighted by Crippen LogP contribution is 2.24. The summed E-state index contributed by atoms with van der Waals surface area (Å²) < 4.78 is 5.03. The van der Waals surface area contributed by atoms with Crippen LogP contribution in [0, 0.1) is 16.5 Å². The lowest BCUT2D eigenvalue weighted by atomic mass is 9.93. The zero-order valence-corrected chi connectivity index (χ0v) is 21.0. The van der Waals surface area contributed by atoms with Crippen LogP contribution in [0.2, 0.25) is 0 Å². The van der Waals surface area contributed by atoms with Gasteiger partial charge >= 0.3 is 5.97 Å². The second-order valence-corrected chi connectivity index (χ2v) is 9.93. The van der Waals surface area contributed by atoms with Crippen LogP contribution in [-0.4, -0.2) is 47.2 Å². The first-order valence-corrected chi connectivity index (χ1v) is 11.9. The van der Waals surface area contributed by atoms with E-state index in [4.69, 9.17) is 9.94 Å². The molecule has 0 saturated heterocycles. The third kappa shape index (κ3) is 10.2. The maximum absolute atomic E-state index is 12.8. The van der Waals surface area contributed by atoms with Crippen molar-refractivity contribution in [2.24, 2.45) is 11.3 Å². The van der Waals surface area contributed by atoms with Crippen LogP contribution in [-0.2, 0) is 30.4 Å². The molecule has 0 aromatic heterocycles. The van der Waals surface area contributed by atoms with Gasteiger partial charge in [0.2, 0.25) is 5.91 Å². The summed E-state index contributed by atoms with van der Waals surface area (Å²) in [5, 5.41) is 20.2. The molecule has 1 unspecified atom stereocenters. The molecular formula is C23H36N2O7S. The molecule has 3 atom stereocenters. The average Bonchev–Trinajstić information content (AvgIpc) is 2.74. The largest absolute Gasteiger partial charge is 0.566 e. The van der Waals surface area contributed by atoms with Gasteiger partial charge in [0.1, 0.15) is 12.6 Å². The van der Waals surface area contributed by atoms with E-state index in [-0.39, 0.29) is 30.0 Å². The van der Waals surface area contributed by atoms with Crippen molar-refractivity contribution in [2.75, 3.05) is 19.0 Å². The number of hydrogen-bond acceptors (Lipinski definition) is 8. The Morgan fingerprint density at radius 2 is 1.79 bits per heavy atom. The molecule has 0 saturated carbocycles. The van der Waals surface area contributed by atoms with Gasteiger partial charge in [0.05, 0.1) is 17.9 Å². The van der Waals surface area contributed by atoms with E-state index in [9.17, 15) is 19.6 Å². The standard InChI is InChI=1S/C23H36N2O7S/c1-7-31-20(26)19(24-22(28)23(5,6)14-32-25(29)30)13-33-21(27)16(4)18-10-8-17(9-11-18)12-15(2)3/h8-11,15-16,19,25,29H,7,12-14H2,1-6H3,(H,24,28)/t16-,19+/m1/s1. The SMILES string of the molecule is CCOC(=O)[C@H](CSC(=O)[C@H](C)c1ccc(CC(C)C)cc1)NC(=O)C(C)(C)CO[NH+]([O-])O. The first kappa shape index (κ1) is 29.1. The molecule has 0 bridgehead atoms. The van der Waals surface area contributed by atoms with Crippen molar-refractivity contribution in [2.45, 2.75) is 59.9 Å². The van der Waals surface area contributed by atoms with Crippen LogP contribution in [0.25, 0.3) is 0 Å². The number of quaternary nitrogens is 1. The highest BCUT2D eigenvalue weighted by atomic mass is 32.2. The zero-order chi connectivity index (χ0) is 25.2. The third-order valence-corrected chi connectivity index (χ3v) is 6.06. The van der Waals surface area contributed by atoms with E-state index in [0.717, 1.165) is 23.7 Å². The number of amides is 1. The number of benzene rings is 1. The minimum absolute atomic E-state index is 0.00491. The van der Waals surface area contributed by atoms with Gasteiger partial charge in [-0.05, 0) is 44.2 Å². The monoisotopic (exact) mass is 484 g/mol. The molecule has 0 spiro atoms. The van der Waals surface area contributed by atoms with Crippen LogP contribution in [0.3, 0.4) is 0 Å². The topological polar surface area (TPSA) is 129 Å².